The van der Waals surface area contributed by atoms with Crippen LogP contribution in [0.5, 0.6) is 5.75 Å². The van der Waals surface area contributed by atoms with Crippen molar-refractivity contribution in [3.63, 3.8) is 0 Å². The number of rotatable bonds is 4. The molecular formula is C20H20N2O. The lowest BCUT2D eigenvalue weighted by molar-refractivity contribution is 0.289. The summed E-state index contributed by atoms with van der Waals surface area (Å²) in [4.78, 5) is 6.54. The van der Waals surface area contributed by atoms with Gasteiger partial charge in [-0.1, -0.05) is 30.3 Å². The molecule has 0 aliphatic carbocycles. The molecule has 0 bridgehead atoms. The molecule has 0 amide bonds. The van der Waals surface area contributed by atoms with E-state index >= 15 is 0 Å². The van der Waals surface area contributed by atoms with Crippen LogP contribution in [0.25, 0.3) is 10.8 Å². The van der Waals surface area contributed by atoms with Gasteiger partial charge >= 0.3 is 0 Å². The zero-order valence-electron chi connectivity index (χ0n) is 13.1. The zero-order chi connectivity index (χ0) is 15.5. The van der Waals surface area contributed by atoms with Crippen LogP contribution in [0, 0.1) is 0 Å². The Labute approximate surface area is 136 Å². The summed E-state index contributed by atoms with van der Waals surface area (Å²) in [5.41, 5.74) is 1.24. The number of pyridine rings is 1. The van der Waals surface area contributed by atoms with Crippen molar-refractivity contribution < 1.29 is 4.74 Å². The van der Waals surface area contributed by atoms with E-state index in [-0.39, 0.29) is 0 Å². The lowest BCUT2D eigenvalue weighted by Gasteiger charge is -2.26. The Morgan fingerprint density at radius 2 is 1.83 bits per heavy atom. The van der Waals surface area contributed by atoms with E-state index in [4.69, 9.17) is 4.74 Å². The first-order valence-corrected chi connectivity index (χ1v) is 8.18. The molecule has 23 heavy (non-hydrogen) atoms. The number of hydrogen-bond donors (Lipinski definition) is 0. The number of benzene rings is 2. The van der Waals surface area contributed by atoms with E-state index in [9.17, 15) is 0 Å². The molecule has 1 atom stereocenters. The Morgan fingerprint density at radius 3 is 2.70 bits per heavy atom. The maximum atomic E-state index is 6.09. The molecule has 0 unspecified atom stereocenters. The Kier molecular flexibility index (Phi) is 3.85. The van der Waals surface area contributed by atoms with Crippen LogP contribution in [0.3, 0.4) is 0 Å². The van der Waals surface area contributed by atoms with Crippen LogP contribution in [0.15, 0.2) is 67.0 Å². The molecule has 4 rings (SSSR count). The normalized spacial score (nSPS) is 17.6. The van der Waals surface area contributed by atoms with Crippen LogP contribution in [0.2, 0.25) is 0 Å². The molecule has 1 saturated heterocycles. The summed E-state index contributed by atoms with van der Waals surface area (Å²) in [6, 6.07) is 19.3. The van der Waals surface area contributed by atoms with Crippen molar-refractivity contribution in [1.82, 2.24) is 4.98 Å². The van der Waals surface area contributed by atoms with Gasteiger partial charge < -0.3 is 9.64 Å². The predicted molar refractivity (Wildman–Crippen MR) is 94.0 cm³/mol. The lowest BCUT2D eigenvalue weighted by atomic mass is 10.1. The predicted octanol–water partition coefficient (Wildman–Crippen LogP) is 4.28. The number of fused-ring (bicyclic) bond motifs is 1. The van der Waals surface area contributed by atoms with Crippen molar-refractivity contribution in [2.75, 3.05) is 18.1 Å². The quantitative estimate of drug-likeness (QED) is 0.719. The molecule has 1 aliphatic heterocycles. The molecular weight excluding hydrogens is 284 g/mol. The van der Waals surface area contributed by atoms with Crippen molar-refractivity contribution in [2.45, 2.75) is 18.9 Å². The van der Waals surface area contributed by atoms with Gasteiger partial charge in [0.1, 0.15) is 12.4 Å². The fourth-order valence-electron chi connectivity index (χ4n) is 3.33. The van der Waals surface area contributed by atoms with Crippen molar-refractivity contribution in [3.05, 3.63) is 67.0 Å². The summed E-state index contributed by atoms with van der Waals surface area (Å²) < 4.78 is 6.09. The highest BCUT2D eigenvalue weighted by Gasteiger charge is 2.25. The minimum Gasteiger partial charge on any atom is -0.491 e. The molecule has 0 spiro atoms. The van der Waals surface area contributed by atoms with E-state index in [0.717, 1.165) is 18.9 Å². The van der Waals surface area contributed by atoms with Gasteiger partial charge in [-0.2, -0.15) is 0 Å². The molecule has 0 N–H and O–H groups in total. The van der Waals surface area contributed by atoms with Gasteiger partial charge in [-0.15, -0.1) is 0 Å². The Bertz CT molecular complexity index is 788. The fraction of sp³-hybridized carbons (Fsp3) is 0.250. The lowest BCUT2D eigenvalue weighted by Crippen LogP contribution is -2.34. The minimum absolute atomic E-state index is 0.434. The Morgan fingerprint density at radius 1 is 1.00 bits per heavy atom. The van der Waals surface area contributed by atoms with Gasteiger partial charge in [-0.25, -0.2) is 0 Å². The molecule has 3 nitrogen and oxygen atoms in total. The van der Waals surface area contributed by atoms with E-state index in [1.165, 1.54) is 29.3 Å². The monoisotopic (exact) mass is 304 g/mol. The van der Waals surface area contributed by atoms with E-state index in [1.54, 1.807) is 0 Å². The van der Waals surface area contributed by atoms with Crippen molar-refractivity contribution in [3.8, 4) is 5.75 Å². The molecule has 2 heterocycles. The number of anilines is 1. The van der Waals surface area contributed by atoms with Gasteiger partial charge in [-0.05, 0) is 47.9 Å². The van der Waals surface area contributed by atoms with Crippen molar-refractivity contribution in [2.24, 2.45) is 0 Å². The number of nitrogens with zero attached hydrogens (tertiary/aromatic N) is 2. The maximum Gasteiger partial charge on any atom is 0.120 e. The SMILES string of the molecule is c1ccc2cc(OC[C@@H]3CCCN3c3ccncc3)ccc2c1. The van der Waals surface area contributed by atoms with Gasteiger partial charge in [0.25, 0.3) is 0 Å². The van der Waals surface area contributed by atoms with Crippen LogP contribution < -0.4 is 9.64 Å². The second-order valence-electron chi connectivity index (χ2n) is 6.01. The van der Waals surface area contributed by atoms with Gasteiger partial charge in [0.2, 0.25) is 0 Å². The van der Waals surface area contributed by atoms with Crippen LogP contribution in [0.4, 0.5) is 5.69 Å². The van der Waals surface area contributed by atoms with Gasteiger partial charge in [-0.3, -0.25) is 4.98 Å². The highest BCUT2D eigenvalue weighted by Crippen LogP contribution is 2.26. The summed E-state index contributed by atoms with van der Waals surface area (Å²) in [7, 11) is 0. The zero-order valence-corrected chi connectivity index (χ0v) is 13.1. The third kappa shape index (κ3) is 3.00. The topological polar surface area (TPSA) is 25.4 Å². The van der Waals surface area contributed by atoms with Gasteiger partial charge in [0, 0.05) is 24.6 Å². The fourth-order valence-corrected chi connectivity index (χ4v) is 3.33. The Balaban J connectivity index is 1.47. The smallest absolute Gasteiger partial charge is 0.120 e. The van der Waals surface area contributed by atoms with E-state index in [1.807, 2.05) is 12.4 Å². The first kappa shape index (κ1) is 14.1. The molecule has 116 valence electrons. The van der Waals surface area contributed by atoms with Crippen molar-refractivity contribution >= 4 is 16.5 Å². The summed E-state index contributed by atoms with van der Waals surface area (Å²) in [5, 5.41) is 2.47. The average Bonchev–Trinajstić information content (AvgIpc) is 3.09. The molecule has 2 aromatic carbocycles. The summed E-state index contributed by atoms with van der Waals surface area (Å²) in [5.74, 6) is 0.949. The maximum absolute atomic E-state index is 6.09. The molecule has 1 aliphatic rings. The van der Waals surface area contributed by atoms with E-state index in [2.05, 4.69) is 64.5 Å². The highest BCUT2D eigenvalue weighted by atomic mass is 16.5. The molecule has 1 aromatic heterocycles. The first-order valence-electron chi connectivity index (χ1n) is 8.18. The summed E-state index contributed by atoms with van der Waals surface area (Å²) >= 11 is 0. The van der Waals surface area contributed by atoms with E-state index < -0.39 is 0 Å². The van der Waals surface area contributed by atoms with Gasteiger partial charge in [0.05, 0.1) is 6.04 Å². The largest absolute Gasteiger partial charge is 0.491 e. The van der Waals surface area contributed by atoms with Gasteiger partial charge in [0.15, 0.2) is 0 Å². The summed E-state index contributed by atoms with van der Waals surface area (Å²) in [6.07, 6.45) is 6.10. The standard InChI is InChI=1S/C20H20N2O/c1-2-5-17-14-20(8-7-16(17)4-1)23-15-19-6-3-13-22(19)18-9-11-21-12-10-18/h1-2,4-5,7-12,14,19H,3,6,13,15H2/t19-/m0/s1. The third-order valence-corrected chi connectivity index (χ3v) is 4.53. The number of ether oxygens (including phenoxy) is 1. The minimum atomic E-state index is 0.434. The number of hydrogen-bond acceptors (Lipinski definition) is 3. The first-order chi connectivity index (χ1) is 11.4. The summed E-state index contributed by atoms with van der Waals surface area (Å²) in [6.45, 7) is 1.82. The second kappa shape index (κ2) is 6.29. The van der Waals surface area contributed by atoms with Crippen LogP contribution >= 0.6 is 0 Å². The Hall–Kier alpha value is -2.55. The second-order valence-corrected chi connectivity index (χ2v) is 6.01. The molecule has 3 heteroatoms. The highest BCUT2D eigenvalue weighted by molar-refractivity contribution is 5.83. The number of aromatic nitrogens is 1. The molecule has 0 saturated carbocycles. The molecule has 0 radical (unpaired) electrons. The van der Waals surface area contributed by atoms with Crippen LogP contribution in [0.1, 0.15) is 12.8 Å². The van der Waals surface area contributed by atoms with Crippen LogP contribution in [-0.2, 0) is 0 Å². The molecule has 3 aromatic rings. The van der Waals surface area contributed by atoms with Crippen molar-refractivity contribution in [1.29, 1.82) is 0 Å². The average molecular weight is 304 g/mol. The third-order valence-electron chi connectivity index (χ3n) is 4.53. The molecule has 1 fully saturated rings. The van der Waals surface area contributed by atoms with E-state index in [0.29, 0.717) is 6.04 Å². The van der Waals surface area contributed by atoms with Crippen LogP contribution in [-0.4, -0.2) is 24.2 Å².